The highest BCUT2D eigenvalue weighted by atomic mass is 15.1. The van der Waals surface area contributed by atoms with Crippen LogP contribution >= 0.6 is 0 Å². The SMILES string of the molecule is CCCCc1ccc(-n2c3c(c4cc(-c5ccccc5-n5c6ccccc6c6cc(-n7c8ccccc8c8cc(C)ccc87)ccc65)ccc42)C=N3)cc1. The Hall–Kier alpha value is -6.65. The predicted octanol–water partition coefficient (Wildman–Crippen LogP) is 13.2. The Morgan fingerprint density at radius 1 is 0.500 bits per heavy atom. The fourth-order valence-electron chi connectivity index (χ4n) is 8.87. The Morgan fingerprint density at radius 2 is 1.13 bits per heavy atom. The second kappa shape index (κ2) is 11.9. The Morgan fingerprint density at radius 3 is 1.91 bits per heavy atom. The molecule has 10 aromatic rings. The summed E-state index contributed by atoms with van der Waals surface area (Å²) < 4.78 is 7.19. The Bertz CT molecular complexity index is 3150. The average molecular weight is 695 g/mol. The first-order chi connectivity index (χ1) is 26.7. The van der Waals surface area contributed by atoms with Crippen LogP contribution in [0.4, 0.5) is 5.82 Å². The zero-order valence-electron chi connectivity index (χ0n) is 30.4. The number of rotatable bonds is 7. The largest absolute Gasteiger partial charge is 0.309 e. The minimum absolute atomic E-state index is 1.04. The molecule has 4 heterocycles. The van der Waals surface area contributed by atoms with Gasteiger partial charge in [-0.3, -0.25) is 4.57 Å². The maximum absolute atomic E-state index is 4.74. The molecule has 3 aromatic heterocycles. The van der Waals surface area contributed by atoms with Crippen LogP contribution in [0.1, 0.15) is 36.5 Å². The maximum Gasteiger partial charge on any atom is 0.147 e. The van der Waals surface area contributed by atoms with Gasteiger partial charge >= 0.3 is 0 Å². The number of aryl methyl sites for hydroxylation is 2. The van der Waals surface area contributed by atoms with Gasteiger partial charge in [-0.25, -0.2) is 4.99 Å². The molecule has 258 valence electrons. The van der Waals surface area contributed by atoms with Gasteiger partial charge in [0.15, 0.2) is 0 Å². The van der Waals surface area contributed by atoms with Crippen LogP contribution in [-0.2, 0) is 6.42 Å². The number of aromatic nitrogens is 3. The lowest BCUT2D eigenvalue weighted by Gasteiger charge is -2.15. The molecule has 11 rings (SSSR count). The van der Waals surface area contributed by atoms with E-state index in [4.69, 9.17) is 4.99 Å². The van der Waals surface area contributed by atoms with Crippen molar-refractivity contribution in [2.75, 3.05) is 0 Å². The van der Waals surface area contributed by atoms with E-state index < -0.39 is 0 Å². The Labute approximate surface area is 313 Å². The fraction of sp³-hybridized carbons (Fsp3) is 0.100. The summed E-state index contributed by atoms with van der Waals surface area (Å²) in [5.41, 5.74) is 15.8. The van der Waals surface area contributed by atoms with E-state index in [2.05, 4.69) is 179 Å². The number of hydrogen-bond donors (Lipinski definition) is 0. The first-order valence-electron chi connectivity index (χ1n) is 19.1. The molecule has 0 saturated heterocycles. The van der Waals surface area contributed by atoms with Gasteiger partial charge in [0, 0.05) is 55.6 Å². The van der Waals surface area contributed by atoms with E-state index in [0.29, 0.717) is 0 Å². The summed E-state index contributed by atoms with van der Waals surface area (Å²) in [6.45, 7) is 4.42. The van der Waals surface area contributed by atoms with Gasteiger partial charge in [-0.1, -0.05) is 97.8 Å². The molecule has 0 fully saturated rings. The number of fused-ring (bicyclic) bond motifs is 9. The van der Waals surface area contributed by atoms with Crippen LogP contribution in [0.2, 0.25) is 0 Å². The van der Waals surface area contributed by atoms with Gasteiger partial charge in [-0.05, 0) is 104 Å². The van der Waals surface area contributed by atoms with E-state index in [1.54, 1.807) is 0 Å². The second-order valence-corrected chi connectivity index (χ2v) is 14.8. The number of aliphatic imine (C=N–C) groups is 1. The number of para-hydroxylation sites is 3. The van der Waals surface area contributed by atoms with Gasteiger partial charge in [0.25, 0.3) is 0 Å². The average Bonchev–Trinajstić information content (AvgIpc) is 3.78. The molecule has 4 nitrogen and oxygen atoms in total. The zero-order valence-corrected chi connectivity index (χ0v) is 30.4. The van der Waals surface area contributed by atoms with E-state index in [-0.39, 0.29) is 0 Å². The molecular weight excluding hydrogens is 657 g/mol. The topological polar surface area (TPSA) is 27.1 Å². The van der Waals surface area contributed by atoms with Crippen molar-refractivity contribution in [3.63, 3.8) is 0 Å². The first-order valence-corrected chi connectivity index (χ1v) is 19.1. The van der Waals surface area contributed by atoms with Crippen LogP contribution in [0.5, 0.6) is 0 Å². The third-order valence-corrected chi connectivity index (χ3v) is 11.5. The molecule has 0 radical (unpaired) electrons. The predicted molar refractivity (Wildman–Crippen MR) is 228 cm³/mol. The van der Waals surface area contributed by atoms with Crippen molar-refractivity contribution >= 4 is 66.5 Å². The quantitative estimate of drug-likeness (QED) is 0.159. The third-order valence-electron chi connectivity index (χ3n) is 11.5. The molecule has 0 bridgehead atoms. The molecule has 1 aliphatic rings. The van der Waals surface area contributed by atoms with Crippen molar-refractivity contribution in [3.8, 4) is 28.2 Å². The van der Waals surface area contributed by atoms with Crippen LogP contribution in [0.25, 0.3) is 82.7 Å². The van der Waals surface area contributed by atoms with Crippen LogP contribution in [0.3, 0.4) is 0 Å². The summed E-state index contributed by atoms with van der Waals surface area (Å²) in [4.78, 5) is 4.74. The Balaban J connectivity index is 1.07. The molecule has 0 aliphatic carbocycles. The van der Waals surface area contributed by atoms with E-state index in [0.717, 1.165) is 23.6 Å². The lowest BCUT2D eigenvalue weighted by molar-refractivity contribution is 0.795. The third kappa shape index (κ3) is 4.53. The lowest BCUT2D eigenvalue weighted by Crippen LogP contribution is -1.98. The normalized spacial score (nSPS) is 12.4. The Kier molecular flexibility index (Phi) is 6.84. The summed E-state index contributed by atoms with van der Waals surface area (Å²) >= 11 is 0. The highest BCUT2D eigenvalue weighted by molar-refractivity contribution is 6.14. The van der Waals surface area contributed by atoms with Gasteiger partial charge in [0.05, 0.1) is 33.3 Å². The zero-order chi connectivity index (χ0) is 35.9. The first kappa shape index (κ1) is 30.9. The molecule has 0 N–H and O–H groups in total. The van der Waals surface area contributed by atoms with Gasteiger partial charge in [0.1, 0.15) is 5.82 Å². The van der Waals surface area contributed by atoms with Crippen molar-refractivity contribution in [2.45, 2.75) is 33.1 Å². The highest BCUT2D eigenvalue weighted by Gasteiger charge is 2.23. The number of benzene rings is 7. The lowest BCUT2D eigenvalue weighted by atomic mass is 10.00. The smallest absolute Gasteiger partial charge is 0.147 e. The summed E-state index contributed by atoms with van der Waals surface area (Å²) in [6, 6.07) is 56.2. The van der Waals surface area contributed by atoms with Crippen LogP contribution in [-0.4, -0.2) is 19.9 Å². The van der Waals surface area contributed by atoms with Crippen molar-refractivity contribution in [1.29, 1.82) is 0 Å². The van der Waals surface area contributed by atoms with Gasteiger partial charge in [-0.2, -0.15) is 0 Å². The van der Waals surface area contributed by atoms with Gasteiger partial charge in [0.2, 0.25) is 0 Å². The van der Waals surface area contributed by atoms with Crippen molar-refractivity contribution in [3.05, 3.63) is 168 Å². The minimum Gasteiger partial charge on any atom is -0.309 e. The van der Waals surface area contributed by atoms with E-state index >= 15 is 0 Å². The van der Waals surface area contributed by atoms with Crippen LogP contribution < -0.4 is 0 Å². The summed E-state index contributed by atoms with van der Waals surface area (Å²) in [5.74, 6) is 1.04. The monoisotopic (exact) mass is 694 g/mol. The molecule has 0 saturated carbocycles. The van der Waals surface area contributed by atoms with Crippen molar-refractivity contribution in [2.24, 2.45) is 4.99 Å². The number of nitrogens with zero attached hydrogens (tertiary/aromatic N) is 4. The van der Waals surface area contributed by atoms with Crippen LogP contribution in [0, 0.1) is 6.92 Å². The van der Waals surface area contributed by atoms with E-state index in [9.17, 15) is 0 Å². The summed E-state index contributed by atoms with van der Waals surface area (Å²) in [7, 11) is 0. The van der Waals surface area contributed by atoms with E-state index in [1.807, 2.05) is 6.21 Å². The summed E-state index contributed by atoms with van der Waals surface area (Å²) in [6.07, 6.45) is 5.56. The molecule has 1 aliphatic heterocycles. The molecule has 54 heavy (non-hydrogen) atoms. The number of unbranched alkanes of at least 4 members (excludes halogenated alkanes) is 1. The fourth-order valence-corrected chi connectivity index (χ4v) is 8.87. The van der Waals surface area contributed by atoms with Crippen molar-refractivity contribution < 1.29 is 0 Å². The summed E-state index contributed by atoms with van der Waals surface area (Å²) in [5, 5.41) is 6.28. The van der Waals surface area contributed by atoms with Gasteiger partial charge in [-0.15, -0.1) is 0 Å². The molecular formula is C50H38N4. The number of hydrogen-bond acceptors (Lipinski definition) is 1. The van der Waals surface area contributed by atoms with Crippen molar-refractivity contribution in [1.82, 2.24) is 13.7 Å². The maximum atomic E-state index is 4.74. The molecule has 0 spiro atoms. The van der Waals surface area contributed by atoms with E-state index in [1.165, 1.54) is 101 Å². The van der Waals surface area contributed by atoms with Crippen LogP contribution in [0.15, 0.2) is 157 Å². The molecule has 0 atom stereocenters. The second-order valence-electron chi connectivity index (χ2n) is 14.8. The molecule has 7 aromatic carbocycles. The molecule has 0 unspecified atom stereocenters. The molecule has 4 heteroatoms. The molecule has 0 amide bonds. The van der Waals surface area contributed by atoms with Gasteiger partial charge < -0.3 is 9.13 Å². The highest BCUT2D eigenvalue weighted by Crippen LogP contribution is 2.43. The standard InChI is InChI=1S/C50H38N4/c1-3-4-11-33-19-22-35(23-20-33)53-48-26-21-34(29-41(48)43-31-51-50(43)53)37-12-5-8-15-44(37)54-46-17-10-7-14-39(46)42-30-36(24-27-49(42)54)52-45-16-9-6-13-38(45)40-28-32(2)18-25-47(40)52/h5-10,12-31H,3-4,11H2,1-2H3. The minimum atomic E-state index is 1.04.